The molecule has 0 spiro atoms. The Hall–Kier alpha value is -1.59. The second-order valence-corrected chi connectivity index (χ2v) is 5.79. The van der Waals surface area contributed by atoms with Crippen LogP contribution in [0.3, 0.4) is 0 Å². The molecule has 0 unspecified atom stereocenters. The minimum Gasteiger partial charge on any atom is -0.497 e. The van der Waals surface area contributed by atoms with E-state index < -0.39 is 0 Å². The Morgan fingerprint density at radius 1 is 1.29 bits per heavy atom. The van der Waals surface area contributed by atoms with Gasteiger partial charge in [0, 0.05) is 36.4 Å². The molecule has 0 bridgehead atoms. The van der Waals surface area contributed by atoms with Crippen molar-refractivity contribution >= 4 is 21.7 Å². The van der Waals surface area contributed by atoms with Gasteiger partial charge in [-0.15, -0.1) is 0 Å². The molecule has 0 saturated carbocycles. The number of rotatable bonds is 6. The monoisotopic (exact) mass is 349 g/mol. The quantitative estimate of drug-likeness (QED) is 0.868. The molecule has 1 heterocycles. The molecule has 0 amide bonds. The zero-order valence-electron chi connectivity index (χ0n) is 12.6. The molecular formula is C16H20BrN3O. The highest BCUT2D eigenvalue weighted by Crippen LogP contribution is 2.22. The lowest BCUT2D eigenvalue weighted by Crippen LogP contribution is -2.21. The van der Waals surface area contributed by atoms with E-state index in [1.165, 1.54) is 11.1 Å². The standard InChI is InChI=1S/C16H20BrN3O/c1-18-9-13-8-14(17)10-19-16(13)20(2)11-12-4-6-15(21-3)7-5-12/h4-8,10,18H,9,11H2,1-3H3. The Bertz CT molecular complexity index is 587. The van der Waals surface area contributed by atoms with Gasteiger partial charge in [-0.1, -0.05) is 12.1 Å². The van der Waals surface area contributed by atoms with E-state index in [2.05, 4.69) is 56.4 Å². The van der Waals surface area contributed by atoms with Gasteiger partial charge in [-0.25, -0.2) is 4.98 Å². The van der Waals surface area contributed by atoms with Crippen molar-refractivity contribution in [2.24, 2.45) is 0 Å². The minimum atomic E-state index is 0.786. The third-order valence-corrected chi connectivity index (χ3v) is 3.65. The Kier molecular flexibility index (Phi) is 5.59. The van der Waals surface area contributed by atoms with Crippen molar-refractivity contribution in [3.8, 4) is 5.75 Å². The molecular weight excluding hydrogens is 330 g/mol. The number of nitrogens with zero attached hydrogens (tertiary/aromatic N) is 2. The number of anilines is 1. The normalized spacial score (nSPS) is 10.5. The van der Waals surface area contributed by atoms with Crippen molar-refractivity contribution in [3.63, 3.8) is 0 Å². The Balaban J connectivity index is 2.16. The van der Waals surface area contributed by atoms with Crippen LogP contribution < -0.4 is 15.0 Å². The SMILES string of the molecule is CNCc1cc(Br)cnc1N(C)Cc1ccc(OC)cc1. The van der Waals surface area contributed by atoms with Crippen molar-refractivity contribution in [3.05, 3.63) is 52.1 Å². The van der Waals surface area contributed by atoms with Crippen molar-refractivity contribution in [1.82, 2.24) is 10.3 Å². The topological polar surface area (TPSA) is 37.4 Å². The van der Waals surface area contributed by atoms with Gasteiger partial charge in [0.2, 0.25) is 0 Å². The number of pyridine rings is 1. The summed E-state index contributed by atoms with van der Waals surface area (Å²) in [5.74, 6) is 1.86. The average molecular weight is 350 g/mol. The summed E-state index contributed by atoms with van der Waals surface area (Å²) in [6.45, 7) is 1.59. The zero-order chi connectivity index (χ0) is 15.2. The Morgan fingerprint density at radius 3 is 2.62 bits per heavy atom. The highest BCUT2D eigenvalue weighted by Gasteiger charge is 2.10. The van der Waals surface area contributed by atoms with E-state index >= 15 is 0 Å². The van der Waals surface area contributed by atoms with Crippen molar-refractivity contribution in [2.75, 3.05) is 26.1 Å². The first kappa shape index (κ1) is 15.8. The van der Waals surface area contributed by atoms with Crippen LogP contribution in [0.25, 0.3) is 0 Å². The largest absolute Gasteiger partial charge is 0.497 e. The predicted octanol–water partition coefficient (Wildman–Crippen LogP) is 3.21. The summed E-state index contributed by atoms with van der Waals surface area (Å²) in [5.41, 5.74) is 2.39. The second kappa shape index (κ2) is 7.43. The van der Waals surface area contributed by atoms with E-state index in [0.29, 0.717) is 0 Å². The number of aromatic nitrogens is 1. The Morgan fingerprint density at radius 2 is 2.00 bits per heavy atom. The van der Waals surface area contributed by atoms with E-state index in [1.54, 1.807) is 7.11 Å². The van der Waals surface area contributed by atoms with Gasteiger partial charge in [-0.2, -0.15) is 0 Å². The predicted molar refractivity (Wildman–Crippen MR) is 89.8 cm³/mol. The van der Waals surface area contributed by atoms with Crippen LogP contribution in [-0.4, -0.2) is 26.2 Å². The molecule has 0 saturated heterocycles. The molecule has 0 fully saturated rings. The molecule has 0 aliphatic carbocycles. The fourth-order valence-electron chi connectivity index (χ4n) is 2.22. The van der Waals surface area contributed by atoms with Crippen LogP contribution in [0.15, 0.2) is 41.0 Å². The van der Waals surface area contributed by atoms with E-state index in [1.807, 2.05) is 25.4 Å². The molecule has 0 radical (unpaired) electrons. The van der Waals surface area contributed by atoms with Crippen LogP contribution in [0, 0.1) is 0 Å². The first-order valence-corrected chi connectivity index (χ1v) is 7.56. The molecule has 0 aliphatic rings. The summed E-state index contributed by atoms with van der Waals surface area (Å²) in [6.07, 6.45) is 1.83. The molecule has 5 heteroatoms. The number of hydrogen-bond donors (Lipinski definition) is 1. The summed E-state index contributed by atoms with van der Waals surface area (Å²) in [6, 6.07) is 10.2. The van der Waals surface area contributed by atoms with Gasteiger partial charge in [0.15, 0.2) is 0 Å². The highest BCUT2D eigenvalue weighted by molar-refractivity contribution is 9.10. The van der Waals surface area contributed by atoms with Crippen molar-refractivity contribution in [1.29, 1.82) is 0 Å². The molecule has 112 valence electrons. The van der Waals surface area contributed by atoms with Crippen molar-refractivity contribution < 1.29 is 4.74 Å². The highest BCUT2D eigenvalue weighted by atomic mass is 79.9. The zero-order valence-corrected chi connectivity index (χ0v) is 14.1. The number of benzene rings is 1. The molecule has 0 atom stereocenters. The smallest absolute Gasteiger partial charge is 0.133 e. The Labute approximate surface area is 134 Å². The van der Waals surface area contributed by atoms with Crippen LogP contribution in [-0.2, 0) is 13.1 Å². The summed E-state index contributed by atoms with van der Waals surface area (Å²) in [7, 11) is 5.67. The molecule has 2 rings (SSSR count). The first-order chi connectivity index (χ1) is 10.1. The number of nitrogens with one attached hydrogen (secondary N) is 1. The third kappa shape index (κ3) is 4.19. The maximum Gasteiger partial charge on any atom is 0.133 e. The van der Waals surface area contributed by atoms with Crippen molar-refractivity contribution in [2.45, 2.75) is 13.1 Å². The van der Waals surface area contributed by atoms with Gasteiger partial charge in [0.25, 0.3) is 0 Å². The van der Waals surface area contributed by atoms with Gasteiger partial charge in [0.05, 0.1) is 7.11 Å². The molecule has 0 aliphatic heterocycles. The summed E-state index contributed by atoms with van der Waals surface area (Å²) < 4.78 is 6.18. The fraction of sp³-hybridized carbons (Fsp3) is 0.312. The summed E-state index contributed by atoms with van der Waals surface area (Å²) in [4.78, 5) is 6.69. The second-order valence-electron chi connectivity index (χ2n) is 4.87. The molecule has 21 heavy (non-hydrogen) atoms. The minimum absolute atomic E-state index is 0.786. The number of ether oxygens (including phenoxy) is 1. The molecule has 4 nitrogen and oxygen atoms in total. The van der Waals surface area contributed by atoms with Crippen LogP contribution in [0.5, 0.6) is 5.75 Å². The summed E-state index contributed by atoms with van der Waals surface area (Å²) >= 11 is 3.48. The fourth-order valence-corrected chi connectivity index (χ4v) is 2.60. The number of methoxy groups -OCH3 is 1. The number of hydrogen-bond acceptors (Lipinski definition) is 4. The van der Waals surface area contributed by atoms with Gasteiger partial charge in [-0.05, 0) is 46.7 Å². The maximum absolute atomic E-state index is 5.18. The molecule has 1 aromatic carbocycles. The van der Waals surface area contributed by atoms with Crippen LogP contribution in [0.1, 0.15) is 11.1 Å². The van der Waals surface area contributed by atoms with Crippen LogP contribution in [0.4, 0.5) is 5.82 Å². The van der Waals surface area contributed by atoms with E-state index in [0.717, 1.165) is 29.1 Å². The van der Waals surface area contributed by atoms with Crippen LogP contribution >= 0.6 is 15.9 Å². The molecule has 1 aromatic heterocycles. The lowest BCUT2D eigenvalue weighted by atomic mass is 10.2. The van der Waals surface area contributed by atoms with E-state index in [9.17, 15) is 0 Å². The number of halogens is 1. The lowest BCUT2D eigenvalue weighted by molar-refractivity contribution is 0.414. The van der Waals surface area contributed by atoms with Gasteiger partial charge < -0.3 is 15.0 Å². The first-order valence-electron chi connectivity index (χ1n) is 6.77. The van der Waals surface area contributed by atoms with E-state index in [4.69, 9.17) is 4.74 Å². The molecule has 2 aromatic rings. The van der Waals surface area contributed by atoms with Crippen LogP contribution in [0.2, 0.25) is 0 Å². The van der Waals surface area contributed by atoms with Gasteiger partial charge in [-0.3, -0.25) is 0 Å². The van der Waals surface area contributed by atoms with Gasteiger partial charge in [0.1, 0.15) is 11.6 Å². The van der Waals surface area contributed by atoms with E-state index in [-0.39, 0.29) is 0 Å². The average Bonchev–Trinajstić information content (AvgIpc) is 2.48. The van der Waals surface area contributed by atoms with Gasteiger partial charge >= 0.3 is 0 Å². The lowest BCUT2D eigenvalue weighted by Gasteiger charge is -2.21. The summed E-state index contributed by atoms with van der Waals surface area (Å²) in [5, 5.41) is 3.18. The molecule has 1 N–H and O–H groups in total. The third-order valence-electron chi connectivity index (χ3n) is 3.22. The maximum atomic E-state index is 5.18.